The Morgan fingerprint density at radius 3 is 2.27 bits per heavy atom. The molecule has 4 heteroatoms. The van der Waals surface area contributed by atoms with Crippen LogP contribution in [0.25, 0.3) is 0 Å². The molecular weight excluding hydrogens is 228 g/mol. The molecule has 0 aliphatic rings. The number of thiophene rings is 1. The fourth-order valence-electron chi connectivity index (χ4n) is 0.429. The molecule has 11 heavy (non-hydrogen) atoms. The molecule has 0 atom stereocenters. The zero-order chi connectivity index (χ0) is 8.85. The highest BCUT2D eigenvalue weighted by Gasteiger charge is 2.03. The van der Waals surface area contributed by atoms with Crippen molar-refractivity contribution in [2.75, 3.05) is 0 Å². The minimum absolute atomic E-state index is 0.363. The molecule has 0 fully saturated rings. The molecule has 0 aliphatic carbocycles. The Kier molecular flexibility index (Phi) is 5.15. The van der Waals surface area contributed by atoms with Gasteiger partial charge in [-0.05, 0) is 28.1 Å². The standard InChI is InChI=1S/C5H3BrO2S.C2H6/c6-4-2-1-3(9-4)5(7)8;1-2/h1-2H,(H,7,8);1-2H3. The molecule has 0 aromatic carbocycles. The molecule has 2 nitrogen and oxygen atoms in total. The van der Waals surface area contributed by atoms with Crippen LogP contribution in [0.2, 0.25) is 0 Å². The van der Waals surface area contributed by atoms with Crippen molar-refractivity contribution in [2.24, 2.45) is 0 Å². The van der Waals surface area contributed by atoms with E-state index < -0.39 is 5.97 Å². The van der Waals surface area contributed by atoms with E-state index in [2.05, 4.69) is 15.9 Å². The summed E-state index contributed by atoms with van der Waals surface area (Å²) in [6, 6.07) is 3.28. The van der Waals surface area contributed by atoms with Crippen LogP contribution < -0.4 is 0 Å². The zero-order valence-corrected chi connectivity index (χ0v) is 8.70. The molecule has 1 rings (SSSR count). The second-order valence-corrected chi connectivity index (χ2v) is 3.87. The number of hydrogen-bond acceptors (Lipinski definition) is 2. The SMILES string of the molecule is CC.O=C(O)c1ccc(Br)s1. The summed E-state index contributed by atoms with van der Waals surface area (Å²) in [5, 5.41) is 8.39. The number of carboxylic acid groups (broad SMARTS) is 1. The van der Waals surface area contributed by atoms with E-state index in [1.807, 2.05) is 13.8 Å². The average molecular weight is 237 g/mol. The van der Waals surface area contributed by atoms with Crippen molar-refractivity contribution in [1.29, 1.82) is 0 Å². The maximum atomic E-state index is 10.2. The summed E-state index contributed by atoms with van der Waals surface area (Å²) in [5.41, 5.74) is 0. The van der Waals surface area contributed by atoms with E-state index in [4.69, 9.17) is 5.11 Å². The Labute approximate surface area is 78.0 Å². The Balaban J connectivity index is 0.000000461. The van der Waals surface area contributed by atoms with Crippen molar-refractivity contribution in [3.63, 3.8) is 0 Å². The van der Waals surface area contributed by atoms with E-state index >= 15 is 0 Å². The molecule has 0 radical (unpaired) electrons. The minimum atomic E-state index is -0.870. The van der Waals surface area contributed by atoms with Crippen LogP contribution in [0.1, 0.15) is 23.5 Å². The highest BCUT2D eigenvalue weighted by Crippen LogP contribution is 2.21. The molecule has 0 aliphatic heterocycles. The molecule has 0 saturated carbocycles. The van der Waals surface area contributed by atoms with Crippen molar-refractivity contribution < 1.29 is 9.90 Å². The summed E-state index contributed by atoms with van der Waals surface area (Å²) in [6.45, 7) is 4.00. The highest BCUT2D eigenvalue weighted by molar-refractivity contribution is 9.11. The van der Waals surface area contributed by atoms with Crippen LogP contribution in [0.5, 0.6) is 0 Å². The number of aromatic carboxylic acids is 1. The third-order valence-corrected chi connectivity index (χ3v) is 2.40. The van der Waals surface area contributed by atoms with Crippen molar-refractivity contribution >= 4 is 33.2 Å². The van der Waals surface area contributed by atoms with E-state index in [0.717, 1.165) is 3.79 Å². The van der Waals surface area contributed by atoms with Gasteiger partial charge in [-0.25, -0.2) is 4.79 Å². The first-order chi connectivity index (χ1) is 5.20. The van der Waals surface area contributed by atoms with Gasteiger partial charge in [0.15, 0.2) is 0 Å². The van der Waals surface area contributed by atoms with E-state index in [0.29, 0.717) is 4.88 Å². The quantitative estimate of drug-likeness (QED) is 0.814. The predicted molar refractivity (Wildman–Crippen MR) is 50.3 cm³/mol. The van der Waals surface area contributed by atoms with Gasteiger partial charge in [-0.1, -0.05) is 13.8 Å². The molecule has 1 N–H and O–H groups in total. The summed E-state index contributed by atoms with van der Waals surface area (Å²) < 4.78 is 0.847. The largest absolute Gasteiger partial charge is 0.477 e. The lowest BCUT2D eigenvalue weighted by Gasteiger charge is -1.79. The van der Waals surface area contributed by atoms with Gasteiger partial charge >= 0.3 is 5.97 Å². The van der Waals surface area contributed by atoms with Gasteiger partial charge in [0.25, 0.3) is 0 Å². The van der Waals surface area contributed by atoms with Crippen molar-refractivity contribution in [2.45, 2.75) is 13.8 Å². The number of carbonyl (C=O) groups is 1. The van der Waals surface area contributed by atoms with Crippen LogP contribution in [0.15, 0.2) is 15.9 Å². The molecule has 0 saturated heterocycles. The van der Waals surface area contributed by atoms with Gasteiger partial charge in [0.1, 0.15) is 4.88 Å². The molecule has 0 spiro atoms. The molecule has 0 unspecified atom stereocenters. The summed E-state index contributed by atoms with van der Waals surface area (Å²) >= 11 is 4.37. The molecule has 0 bridgehead atoms. The maximum Gasteiger partial charge on any atom is 0.345 e. The Morgan fingerprint density at radius 2 is 2.09 bits per heavy atom. The van der Waals surface area contributed by atoms with Crippen LogP contribution in [0, 0.1) is 0 Å². The van der Waals surface area contributed by atoms with Gasteiger partial charge in [0.05, 0.1) is 3.79 Å². The van der Waals surface area contributed by atoms with Crippen LogP contribution >= 0.6 is 27.3 Å². The first kappa shape index (κ1) is 10.7. The van der Waals surface area contributed by atoms with Crippen molar-refractivity contribution in [3.05, 3.63) is 20.8 Å². The fourth-order valence-corrected chi connectivity index (χ4v) is 1.65. The first-order valence-electron chi connectivity index (χ1n) is 3.19. The Hall–Kier alpha value is -0.350. The number of hydrogen-bond donors (Lipinski definition) is 1. The second kappa shape index (κ2) is 5.32. The molecule has 1 heterocycles. The van der Waals surface area contributed by atoms with Gasteiger partial charge in [-0.15, -0.1) is 11.3 Å². The van der Waals surface area contributed by atoms with E-state index in [1.54, 1.807) is 12.1 Å². The van der Waals surface area contributed by atoms with E-state index in [1.165, 1.54) is 11.3 Å². The maximum absolute atomic E-state index is 10.2. The minimum Gasteiger partial charge on any atom is -0.477 e. The van der Waals surface area contributed by atoms with Gasteiger partial charge in [0.2, 0.25) is 0 Å². The van der Waals surface area contributed by atoms with Crippen molar-refractivity contribution in [1.82, 2.24) is 0 Å². The van der Waals surface area contributed by atoms with Crippen LogP contribution in [0.4, 0.5) is 0 Å². The molecule has 0 amide bonds. The van der Waals surface area contributed by atoms with E-state index in [-0.39, 0.29) is 0 Å². The molecular formula is C7H9BrO2S. The summed E-state index contributed by atoms with van der Waals surface area (Å²) in [4.78, 5) is 10.6. The van der Waals surface area contributed by atoms with E-state index in [9.17, 15) is 4.79 Å². The first-order valence-corrected chi connectivity index (χ1v) is 4.80. The predicted octanol–water partition coefficient (Wildman–Crippen LogP) is 3.24. The van der Waals surface area contributed by atoms with Gasteiger partial charge < -0.3 is 5.11 Å². The third kappa shape index (κ3) is 3.53. The lowest BCUT2D eigenvalue weighted by Crippen LogP contribution is -1.89. The van der Waals surface area contributed by atoms with Gasteiger partial charge in [-0.3, -0.25) is 0 Å². The lowest BCUT2D eigenvalue weighted by molar-refractivity contribution is 0.0702. The zero-order valence-electron chi connectivity index (χ0n) is 6.30. The number of rotatable bonds is 1. The van der Waals surface area contributed by atoms with Crippen LogP contribution in [-0.4, -0.2) is 11.1 Å². The van der Waals surface area contributed by atoms with Crippen LogP contribution in [-0.2, 0) is 0 Å². The van der Waals surface area contributed by atoms with Gasteiger partial charge in [0, 0.05) is 0 Å². The molecule has 62 valence electrons. The Morgan fingerprint density at radius 1 is 1.55 bits per heavy atom. The number of halogens is 1. The summed E-state index contributed by atoms with van der Waals surface area (Å²) in [5.74, 6) is -0.870. The van der Waals surface area contributed by atoms with Crippen molar-refractivity contribution in [3.8, 4) is 0 Å². The number of carboxylic acids is 1. The second-order valence-electron chi connectivity index (χ2n) is 1.41. The smallest absolute Gasteiger partial charge is 0.345 e. The summed E-state index contributed by atoms with van der Waals surface area (Å²) in [6.07, 6.45) is 0. The molecule has 1 aromatic rings. The Bertz CT molecular complexity index is 232. The highest BCUT2D eigenvalue weighted by atomic mass is 79.9. The molecule has 1 aromatic heterocycles. The average Bonchev–Trinajstić information content (AvgIpc) is 2.40. The van der Waals surface area contributed by atoms with Crippen LogP contribution in [0.3, 0.4) is 0 Å². The normalized spacial score (nSPS) is 8.27. The summed E-state index contributed by atoms with van der Waals surface area (Å²) in [7, 11) is 0. The fraction of sp³-hybridized carbons (Fsp3) is 0.286. The third-order valence-electron chi connectivity index (χ3n) is 0.784. The monoisotopic (exact) mass is 236 g/mol. The topological polar surface area (TPSA) is 37.3 Å². The van der Waals surface area contributed by atoms with Gasteiger partial charge in [-0.2, -0.15) is 0 Å². The lowest BCUT2D eigenvalue weighted by atomic mass is 10.5.